The molecular weight excluding hydrogens is 114 g/mol. The van der Waals surface area contributed by atoms with E-state index >= 15 is 0 Å². The lowest BCUT2D eigenvalue weighted by Crippen LogP contribution is -1.93. The molecule has 0 saturated heterocycles. The van der Waals surface area contributed by atoms with E-state index in [0.29, 0.717) is 0 Å². The third kappa shape index (κ3) is 1.27. The standard InChI is InChI=1S/C2N3O3/c3-1-2(4-6)5(7)8/q-1. The maximum Gasteiger partial charge on any atom is 0.436 e. The molecule has 0 aliphatic rings. The van der Waals surface area contributed by atoms with Crippen LogP contribution in [0, 0.1) is 15.0 Å². The summed E-state index contributed by atoms with van der Waals surface area (Å²) in [4.78, 5) is 17.5. The van der Waals surface area contributed by atoms with Gasteiger partial charge in [0.05, 0.1) is 0 Å². The highest BCUT2D eigenvalue weighted by Crippen LogP contribution is 1.87. The van der Waals surface area contributed by atoms with E-state index in [-0.39, 0.29) is 0 Å². The summed E-state index contributed by atoms with van der Waals surface area (Å²) < 4.78 is 0. The minimum atomic E-state index is -1.22. The fourth-order valence-corrected chi connectivity index (χ4v) is 0.0946. The third-order valence-electron chi connectivity index (χ3n) is 0.359. The molecule has 0 atom stereocenters. The van der Waals surface area contributed by atoms with E-state index < -0.39 is 10.7 Å². The summed E-state index contributed by atoms with van der Waals surface area (Å²) in [5, 5.41) is 18.9. The van der Waals surface area contributed by atoms with Crippen molar-refractivity contribution in [2.24, 2.45) is 5.18 Å². The van der Waals surface area contributed by atoms with Gasteiger partial charge in [-0.2, -0.15) is 5.87 Å². The molecule has 0 saturated carbocycles. The summed E-state index contributed by atoms with van der Waals surface area (Å²) in [5.74, 6) is -0.228. The van der Waals surface area contributed by atoms with Crippen LogP contribution in [-0.4, -0.2) is 10.8 Å². The van der Waals surface area contributed by atoms with Crippen LogP contribution in [0.4, 0.5) is 0 Å². The van der Waals surface area contributed by atoms with Crippen LogP contribution in [0.2, 0.25) is 0 Å². The van der Waals surface area contributed by atoms with Gasteiger partial charge in [-0.25, -0.2) is 0 Å². The topological polar surface area (TPSA) is 94.9 Å². The predicted molar refractivity (Wildman–Crippen MR) is 24.7 cm³/mol. The highest BCUT2D eigenvalue weighted by molar-refractivity contribution is 5.57. The molecule has 6 nitrogen and oxygen atoms in total. The molecule has 0 aliphatic carbocycles. The van der Waals surface area contributed by atoms with Crippen molar-refractivity contribution in [2.45, 2.75) is 0 Å². The fourth-order valence-electron chi connectivity index (χ4n) is 0.0946. The molecule has 0 N–H and O–H groups in total. The Bertz CT molecular complexity index is 167. The summed E-state index contributed by atoms with van der Waals surface area (Å²) in [7, 11) is 0. The number of nitroso groups, excluding NO2 is 1. The highest BCUT2D eigenvalue weighted by Gasteiger charge is 2.03. The highest BCUT2D eigenvalue weighted by atomic mass is 16.6. The van der Waals surface area contributed by atoms with Gasteiger partial charge in [-0.1, -0.05) is 0 Å². The van der Waals surface area contributed by atoms with Crippen molar-refractivity contribution in [1.82, 2.24) is 0 Å². The molecule has 0 heterocycles. The number of hydrogen-bond acceptors (Lipinski definition) is 4. The second kappa shape index (κ2) is 2.59. The predicted octanol–water partition coefficient (Wildman–Crippen LogP) is 0.110. The Balaban J connectivity index is 4.37. The summed E-state index contributed by atoms with van der Waals surface area (Å²) in [6, 6.07) is 0. The zero-order chi connectivity index (χ0) is 6.57. The first-order valence-corrected chi connectivity index (χ1v) is 1.47. The van der Waals surface area contributed by atoms with Gasteiger partial charge in [-0.05, 0) is 9.83 Å². The Hall–Kier alpha value is -1.55. The van der Waals surface area contributed by atoms with Gasteiger partial charge in [0.25, 0.3) is 0 Å². The van der Waals surface area contributed by atoms with Crippen LogP contribution in [0.5, 0.6) is 0 Å². The van der Waals surface area contributed by atoms with Crippen molar-refractivity contribution in [3.05, 3.63) is 26.3 Å². The first kappa shape index (κ1) is 6.45. The van der Waals surface area contributed by atoms with Gasteiger partial charge in [-0.15, -0.1) is 0 Å². The molecule has 0 unspecified atom stereocenters. The van der Waals surface area contributed by atoms with Gasteiger partial charge in [0.15, 0.2) is 0 Å². The van der Waals surface area contributed by atoms with Crippen LogP contribution in [0.1, 0.15) is 0 Å². The average molecular weight is 114 g/mol. The van der Waals surface area contributed by atoms with Crippen LogP contribution in [0.15, 0.2) is 11.0 Å². The number of nitro groups is 1. The maximum atomic E-state index is 9.41. The molecule has 0 aromatic carbocycles. The minimum Gasteiger partial charge on any atom is -0.756 e. The molecule has 0 rings (SSSR count). The molecule has 0 fully saturated rings. The van der Waals surface area contributed by atoms with Crippen LogP contribution < -0.4 is 0 Å². The normalized spacial score (nSPS) is 7.00. The third-order valence-corrected chi connectivity index (χ3v) is 0.359. The second-order valence-corrected chi connectivity index (χ2v) is 0.784. The molecule has 6 heteroatoms. The van der Waals surface area contributed by atoms with Crippen LogP contribution in [-0.2, 0) is 0 Å². The average Bonchev–Trinajstić information content (AvgIpc) is 1.69. The lowest BCUT2D eigenvalue weighted by atomic mass is 10.8. The van der Waals surface area contributed by atoms with Crippen molar-refractivity contribution >= 4 is 5.87 Å². The Morgan fingerprint density at radius 1 is 1.88 bits per heavy atom. The molecule has 0 aromatic rings. The van der Waals surface area contributed by atoms with Crippen molar-refractivity contribution in [3.8, 4) is 0 Å². The van der Waals surface area contributed by atoms with Gasteiger partial charge >= 0.3 is 5.82 Å². The lowest BCUT2D eigenvalue weighted by molar-refractivity contribution is -0.423. The summed E-state index contributed by atoms with van der Waals surface area (Å²) in [6.07, 6.45) is 0. The van der Waals surface area contributed by atoms with Crippen molar-refractivity contribution < 1.29 is 4.92 Å². The molecule has 0 radical (unpaired) electrons. The summed E-state index contributed by atoms with van der Waals surface area (Å²) >= 11 is 0. The van der Waals surface area contributed by atoms with E-state index in [1.807, 2.05) is 5.18 Å². The number of nitrogens with zero attached hydrogens (tertiary/aromatic N) is 3. The molecule has 0 bridgehead atoms. The Morgan fingerprint density at radius 3 is 2.38 bits per heavy atom. The van der Waals surface area contributed by atoms with Crippen LogP contribution >= 0.6 is 0 Å². The smallest absolute Gasteiger partial charge is 0.436 e. The second-order valence-electron chi connectivity index (χ2n) is 0.784. The van der Waals surface area contributed by atoms with Gasteiger partial charge in [0, 0.05) is 0 Å². The number of hydrogen-bond donors (Lipinski definition) is 0. The fraction of sp³-hybridized carbons (Fsp3) is 0. The van der Waals surface area contributed by atoms with Gasteiger partial charge < -0.3 is 15.5 Å². The zero-order valence-corrected chi connectivity index (χ0v) is 3.57. The van der Waals surface area contributed by atoms with Crippen molar-refractivity contribution in [3.63, 3.8) is 0 Å². The molecular formula is C2N3O3-. The lowest BCUT2D eigenvalue weighted by Gasteiger charge is -1.82. The Kier molecular flexibility index (Phi) is 2.09. The zero-order valence-electron chi connectivity index (χ0n) is 3.57. The molecule has 0 amide bonds. The van der Waals surface area contributed by atoms with Crippen molar-refractivity contribution in [1.29, 1.82) is 0 Å². The molecule has 42 valence electrons. The van der Waals surface area contributed by atoms with Crippen LogP contribution in [0.25, 0.3) is 5.41 Å². The van der Waals surface area contributed by atoms with Gasteiger partial charge in [0.1, 0.15) is 0 Å². The molecule has 0 spiro atoms. The quantitative estimate of drug-likeness (QED) is 0.220. The maximum absolute atomic E-state index is 9.41. The van der Waals surface area contributed by atoms with E-state index in [4.69, 9.17) is 5.41 Å². The van der Waals surface area contributed by atoms with E-state index in [1.54, 1.807) is 0 Å². The minimum absolute atomic E-state index is 0.990. The molecule has 0 aromatic heterocycles. The van der Waals surface area contributed by atoms with Crippen LogP contribution in [0.3, 0.4) is 0 Å². The Morgan fingerprint density at radius 2 is 2.38 bits per heavy atom. The SMILES string of the molecule is [N-]=C=C(N=O)[N+](=O)[O-]. The van der Waals surface area contributed by atoms with Gasteiger partial charge in [-0.3, -0.25) is 0 Å². The molecule has 0 aliphatic heterocycles. The van der Waals surface area contributed by atoms with Gasteiger partial charge in [0.2, 0.25) is 5.18 Å². The first-order chi connectivity index (χ1) is 3.72. The first-order valence-electron chi connectivity index (χ1n) is 1.47. The number of rotatable bonds is 2. The largest absolute Gasteiger partial charge is 0.756 e. The van der Waals surface area contributed by atoms with Crippen molar-refractivity contribution in [2.75, 3.05) is 0 Å². The molecule has 8 heavy (non-hydrogen) atoms. The summed E-state index contributed by atoms with van der Waals surface area (Å²) in [5.41, 5.74) is 0. The van der Waals surface area contributed by atoms with E-state index in [9.17, 15) is 15.0 Å². The van der Waals surface area contributed by atoms with E-state index in [0.717, 1.165) is 5.87 Å². The van der Waals surface area contributed by atoms with E-state index in [1.165, 1.54) is 0 Å². The Labute approximate surface area is 43.4 Å². The van der Waals surface area contributed by atoms with E-state index in [2.05, 4.69) is 0 Å². The summed E-state index contributed by atoms with van der Waals surface area (Å²) in [6.45, 7) is 0. The monoisotopic (exact) mass is 114 g/mol.